The number of benzene rings is 1. The lowest BCUT2D eigenvalue weighted by Crippen LogP contribution is -2.15. The molecule has 124 valence electrons. The summed E-state index contributed by atoms with van der Waals surface area (Å²) in [6.07, 6.45) is 0.364. The Hall–Kier alpha value is -2.10. The van der Waals surface area contributed by atoms with Gasteiger partial charge in [0.2, 0.25) is 5.91 Å². The number of nitrogens with zero attached hydrogens (tertiary/aromatic N) is 2. The molecule has 1 heterocycles. The molecule has 4 nitrogen and oxygen atoms in total. The molecule has 0 atom stereocenters. The van der Waals surface area contributed by atoms with Crippen LogP contribution in [0.3, 0.4) is 0 Å². The monoisotopic (exact) mass is 313 g/mol. The third kappa shape index (κ3) is 4.21. The Bertz CT molecular complexity index is 714. The van der Waals surface area contributed by atoms with Crippen molar-refractivity contribution in [3.8, 4) is 0 Å². The van der Waals surface area contributed by atoms with Gasteiger partial charge in [0.1, 0.15) is 0 Å². The number of amides is 1. The van der Waals surface area contributed by atoms with E-state index in [1.807, 2.05) is 36.7 Å². The number of hydrogen-bond donors (Lipinski definition) is 1. The van der Waals surface area contributed by atoms with Crippen molar-refractivity contribution in [2.75, 3.05) is 5.32 Å². The highest BCUT2D eigenvalue weighted by molar-refractivity contribution is 5.92. The van der Waals surface area contributed by atoms with Gasteiger partial charge in [0.25, 0.3) is 0 Å². The minimum atomic E-state index is 0.00329. The van der Waals surface area contributed by atoms with E-state index in [1.165, 1.54) is 11.1 Å². The molecule has 0 saturated carbocycles. The maximum absolute atomic E-state index is 12.4. The Morgan fingerprint density at radius 2 is 1.87 bits per heavy atom. The van der Waals surface area contributed by atoms with Gasteiger partial charge in [-0.1, -0.05) is 19.9 Å². The van der Waals surface area contributed by atoms with Crippen LogP contribution in [0.1, 0.15) is 41.9 Å². The van der Waals surface area contributed by atoms with Crippen LogP contribution in [0, 0.1) is 33.6 Å². The van der Waals surface area contributed by atoms with E-state index in [9.17, 15) is 4.79 Å². The quantitative estimate of drug-likeness (QED) is 0.908. The molecule has 0 aliphatic heterocycles. The predicted octanol–water partition coefficient (Wildman–Crippen LogP) is 3.95. The smallest absolute Gasteiger partial charge is 0.228 e. The summed E-state index contributed by atoms with van der Waals surface area (Å²) in [6, 6.07) is 5.99. The average Bonchev–Trinajstić information content (AvgIpc) is 2.70. The Morgan fingerprint density at radius 3 is 2.48 bits per heavy atom. The van der Waals surface area contributed by atoms with Crippen molar-refractivity contribution in [3.63, 3.8) is 0 Å². The van der Waals surface area contributed by atoms with Crippen LogP contribution in [-0.2, 0) is 17.8 Å². The summed E-state index contributed by atoms with van der Waals surface area (Å²) in [6.45, 7) is 13.4. The van der Waals surface area contributed by atoms with Crippen LogP contribution in [0.5, 0.6) is 0 Å². The number of anilines is 1. The second-order valence-electron chi connectivity index (χ2n) is 6.75. The fraction of sp³-hybridized carbons (Fsp3) is 0.474. The second kappa shape index (κ2) is 6.99. The highest BCUT2D eigenvalue weighted by Crippen LogP contribution is 2.18. The summed E-state index contributed by atoms with van der Waals surface area (Å²) in [7, 11) is 0. The van der Waals surface area contributed by atoms with Crippen LogP contribution >= 0.6 is 0 Å². The number of carbonyl (C=O) groups excluding carboxylic acids is 1. The number of carbonyl (C=O) groups is 1. The second-order valence-corrected chi connectivity index (χ2v) is 6.75. The minimum Gasteiger partial charge on any atom is -0.326 e. The van der Waals surface area contributed by atoms with Crippen LogP contribution in [0.15, 0.2) is 18.2 Å². The molecule has 0 unspecified atom stereocenters. The Balaban J connectivity index is 2.11. The van der Waals surface area contributed by atoms with Crippen molar-refractivity contribution in [1.82, 2.24) is 9.78 Å². The first-order valence-corrected chi connectivity index (χ1v) is 8.18. The number of nitrogens with one attached hydrogen (secondary N) is 1. The summed E-state index contributed by atoms with van der Waals surface area (Å²) in [5.74, 6) is 0.536. The standard InChI is InChI=1S/C19H27N3O/c1-12(2)11-22-16(6)18(15(5)21-22)10-19(23)20-17-8-7-13(3)14(4)9-17/h7-9,12H,10-11H2,1-6H3,(H,20,23). The molecule has 0 bridgehead atoms. The van der Waals surface area contributed by atoms with Crippen LogP contribution < -0.4 is 5.32 Å². The Kier molecular flexibility index (Phi) is 5.24. The lowest BCUT2D eigenvalue weighted by atomic mass is 10.1. The molecule has 0 fully saturated rings. The lowest BCUT2D eigenvalue weighted by Gasteiger charge is -2.09. The maximum atomic E-state index is 12.4. The Morgan fingerprint density at radius 1 is 1.17 bits per heavy atom. The number of aryl methyl sites for hydroxylation is 3. The van der Waals surface area contributed by atoms with Gasteiger partial charge in [0.05, 0.1) is 12.1 Å². The minimum absolute atomic E-state index is 0.00329. The van der Waals surface area contributed by atoms with Crippen molar-refractivity contribution in [2.24, 2.45) is 5.92 Å². The van der Waals surface area contributed by atoms with Crippen LogP contribution in [0.2, 0.25) is 0 Å². The van der Waals surface area contributed by atoms with Crippen molar-refractivity contribution in [1.29, 1.82) is 0 Å². The summed E-state index contributed by atoms with van der Waals surface area (Å²) in [4.78, 5) is 12.4. The van der Waals surface area contributed by atoms with E-state index < -0.39 is 0 Å². The molecule has 0 aliphatic carbocycles. The van der Waals surface area contributed by atoms with Gasteiger partial charge in [0, 0.05) is 23.5 Å². The largest absolute Gasteiger partial charge is 0.326 e. The van der Waals surface area contributed by atoms with Gasteiger partial charge in [-0.25, -0.2) is 0 Å². The first-order valence-electron chi connectivity index (χ1n) is 8.18. The van der Waals surface area contributed by atoms with Gasteiger partial charge in [0.15, 0.2) is 0 Å². The van der Waals surface area contributed by atoms with E-state index in [4.69, 9.17) is 0 Å². The normalized spacial score (nSPS) is 11.1. The van der Waals surface area contributed by atoms with E-state index >= 15 is 0 Å². The third-order valence-corrected chi connectivity index (χ3v) is 4.20. The van der Waals surface area contributed by atoms with Crippen molar-refractivity contribution in [2.45, 2.75) is 54.5 Å². The van der Waals surface area contributed by atoms with Gasteiger partial charge in [-0.2, -0.15) is 5.10 Å². The van der Waals surface area contributed by atoms with Gasteiger partial charge < -0.3 is 5.32 Å². The van der Waals surface area contributed by atoms with Crippen LogP contribution in [-0.4, -0.2) is 15.7 Å². The fourth-order valence-electron chi connectivity index (χ4n) is 2.70. The molecule has 4 heteroatoms. The van der Waals surface area contributed by atoms with E-state index in [1.54, 1.807) is 0 Å². The Labute approximate surface area is 138 Å². The van der Waals surface area contributed by atoms with Crippen molar-refractivity contribution >= 4 is 11.6 Å². The number of rotatable bonds is 5. The molecule has 23 heavy (non-hydrogen) atoms. The SMILES string of the molecule is Cc1ccc(NC(=O)Cc2c(C)nn(CC(C)C)c2C)cc1C. The van der Waals surface area contributed by atoms with Crippen molar-refractivity contribution < 1.29 is 4.79 Å². The highest BCUT2D eigenvalue weighted by Gasteiger charge is 2.15. The first-order chi connectivity index (χ1) is 10.8. The third-order valence-electron chi connectivity index (χ3n) is 4.20. The molecule has 2 rings (SSSR count). The van der Waals surface area contributed by atoms with Gasteiger partial charge in [-0.05, 0) is 56.9 Å². The maximum Gasteiger partial charge on any atom is 0.228 e. The zero-order valence-electron chi connectivity index (χ0n) is 15.0. The van der Waals surface area contributed by atoms with E-state index in [0.717, 1.165) is 29.2 Å². The molecule has 2 aromatic rings. The number of aromatic nitrogens is 2. The number of hydrogen-bond acceptors (Lipinski definition) is 2. The summed E-state index contributed by atoms with van der Waals surface area (Å²) in [5.41, 5.74) is 6.32. The fourth-order valence-corrected chi connectivity index (χ4v) is 2.70. The molecule has 1 N–H and O–H groups in total. The molecular weight excluding hydrogens is 286 g/mol. The zero-order valence-corrected chi connectivity index (χ0v) is 15.0. The molecule has 1 aromatic heterocycles. The van der Waals surface area contributed by atoms with Gasteiger partial charge in [-0.15, -0.1) is 0 Å². The summed E-state index contributed by atoms with van der Waals surface area (Å²) < 4.78 is 2.01. The van der Waals surface area contributed by atoms with E-state index in [2.05, 4.69) is 38.1 Å². The topological polar surface area (TPSA) is 46.9 Å². The molecule has 0 saturated heterocycles. The molecule has 1 aromatic carbocycles. The van der Waals surface area contributed by atoms with E-state index in [0.29, 0.717) is 12.3 Å². The summed E-state index contributed by atoms with van der Waals surface area (Å²) in [5, 5.41) is 7.56. The molecule has 0 radical (unpaired) electrons. The van der Waals surface area contributed by atoms with Gasteiger partial charge in [-0.3, -0.25) is 9.48 Å². The van der Waals surface area contributed by atoms with Crippen molar-refractivity contribution in [3.05, 3.63) is 46.3 Å². The zero-order chi connectivity index (χ0) is 17.1. The van der Waals surface area contributed by atoms with E-state index in [-0.39, 0.29) is 5.91 Å². The molecule has 0 spiro atoms. The molecule has 0 aliphatic rings. The highest BCUT2D eigenvalue weighted by atomic mass is 16.1. The van der Waals surface area contributed by atoms with Gasteiger partial charge >= 0.3 is 0 Å². The predicted molar refractivity (Wildman–Crippen MR) is 94.8 cm³/mol. The first kappa shape index (κ1) is 17.3. The lowest BCUT2D eigenvalue weighted by molar-refractivity contribution is -0.115. The average molecular weight is 313 g/mol. The molecular formula is C19H27N3O. The van der Waals surface area contributed by atoms with Crippen LogP contribution in [0.4, 0.5) is 5.69 Å². The summed E-state index contributed by atoms with van der Waals surface area (Å²) >= 11 is 0. The molecule has 1 amide bonds. The van der Waals surface area contributed by atoms with Crippen LogP contribution in [0.25, 0.3) is 0 Å².